The molecule has 0 fully saturated rings. The molecule has 0 saturated carbocycles. The summed E-state index contributed by atoms with van der Waals surface area (Å²) in [6, 6.07) is 63.6. The first-order valence-corrected chi connectivity index (χ1v) is 19.1. The summed E-state index contributed by atoms with van der Waals surface area (Å²) in [5.74, 6) is 0. The van der Waals surface area contributed by atoms with Crippen LogP contribution in [-0.2, 0) is 0 Å². The van der Waals surface area contributed by atoms with Crippen LogP contribution in [-0.4, -0.2) is 0 Å². The molecule has 0 aliphatic carbocycles. The van der Waals surface area contributed by atoms with E-state index in [1.54, 1.807) is 0 Å². The van der Waals surface area contributed by atoms with Crippen molar-refractivity contribution >= 4 is 102 Å². The van der Waals surface area contributed by atoms with E-state index in [1.165, 1.54) is 62.6 Å². The van der Waals surface area contributed by atoms with E-state index in [1.807, 2.05) is 34.8 Å². The monoisotopic (exact) mass is 699 g/mol. The van der Waals surface area contributed by atoms with E-state index in [-0.39, 0.29) is 0 Å². The van der Waals surface area contributed by atoms with Gasteiger partial charge < -0.3 is 9.32 Å². The number of nitrogens with zero attached hydrogens (tertiary/aromatic N) is 1. The maximum Gasteiger partial charge on any atom is 0.137 e. The van der Waals surface area contributed by atoms with Crippen LogP contribution in [0.4, 0.5) is 17.1 Å². The summed E-state index contributed by atoms with van der Waals surface area (Å²) in [6.07, 6.45) is 0. The van der Waals surface area contributed by atoms with Crippen molar-refractivity contribution in [2.24, 2.45) is 0 Å². The molecule has 2 nitrogen and oxygen atoms in total. The number of benzene rings is 8. The molecule has 0 spiro atoms. The molecule has 0 bridgehead atoms. The molecule has 3 aromatic heterocycles. The molecular weight excluding hydrogens is 671 g/mol. The van der Waals surface area contributed by atoms with Crippen LogP contribution in [0.5, 0.6) is 0 Å². The molecule has 0 amide bonds. The molecule has 52 heavy (non-hydrogen) atoms. The van der Waals surface area contributed by atoms with Crippen LogP contribution >= 0.6 is 22.7 Å². The third-order valence-electron chi connectivity index (χ3n) is 10.3. The largest absolute Gasteiger partial charge is 0.456 e. The summed E-state index contributed by atoms with van der Waals surface area (Å²) in [5.41, 5.74) is 10.0. The van der Waals surface area contributed by atoms with Gasteiger partial charge in [-0.1, -0.05) is 127 Å². The molecular formula is C48H29NOS2. The number of rotatable bonds is 5. The Kier molecular flexibility index (Phi) is 6.63. The van der Waals surface area contributed by atoms with Crippen LogP contribution in [0, 0.1) is 0 Å². The Morgan fingerprint density at radius 2 is 0.962 bits per heavy atom. The molecule has 0 aliphatic heterocycles. The van der Waals surface area contributed by atoms with Crippen LogP contribution in [0.3, 0.4) is 0 Å². The van der Waals surface area contributed by atoms with E-state index in [2.05, 4.69) is 169 Å². The second-order valence-corrected chi connectivity index (χ2v) is 15.3. The van der Waals surface area contributed by atoms with E-state index in [9.17, 15) is 0 Å². The van der Waals surface area contributed by atoms with E-state index in [4.69, 9.17) is 4.42 Å². The lowest BCUT2D eigenvalue weighted by Gasteiger charge is -2.26. The Labute approximate surface area is 308 Å². The highest BCUT2D eigenvalue weighted by molar-refractivity contribution is 7.27. The molecule has 0 unspecified atom stereocenters. The Balaban J connectivity index is 1.16. The molecule has 11 aromatic rings. The minimum atomic E-state index is 0.879. The van der Waals surface area contributed by atoms with Gasteiger partial charge in [0.25, 0.3) is 0 Å². The maximum atomic E-state index is 6.46. The molecule has 0 N–H and O–H groups in total. The molecule has 0 radical (unpaired) electrons. The fraction of sp³-hybridized carbons (Fsp3) is 0. The van der Waals surface area contributed by atoms with Crippen molar-refractivity contribution in [3.63, 3.8) is 0 Å². The zero-order valence-electron chi connectivity index (χ0n) is 27.9. The lowest BCUT2D eigenvalue weighted by molar-refractivity contribution is 0.669. The molecule has 8 aromatic carbocycles. The Morgan fingerprint density at radius 3 is 1.83 bits per heavy atom. The quantitative estimate of drug-likeness (QED) is 0.178. The van der Waals surface area contributed by atoms with E-state index in [0.29, 0.717) is 0 Å². The van der Waals surface area contributed by atoms with Gasteiger partial charge in [0.2, 0.25) is 0 Å². The van der Waals surface area contributed by atoms with Crippen molar-refractivity contribution in [3.05, 3.63) is 176 Å². The third-order valence-corrected chi connectivity index (χ3v) is 12.8. The minimum Gasteiger partial charge on any atom is -0.456 e. The Hall–Kier alpha value is -6.20. The number of thiophene rings is 2. The standard InChI is InChI=1S/C48H29NOS2/c1-2-12-30(13-3-1)34-18-9-21-40-41-22-11-23-42(48(41)52-47(34)40)49(33-26-27-37-36-16-4-6-24-43(36)50-44(37)29-33)32-15-8-14-31(28-32)35-19-10-20-39-38-17-5-7-25-45(38)51-46(35)39/h1-29H. The van der Waals surface area contributed by atoms with Crippen LogP contribution in [0.1, 0.15) is 0 Å². The van der Waals surface area contributed by atoms with Crippen molar-refractivity contribution in [2.75, 3.05) is 4.90 Å². The predicted molar refractivity (Wildman–Crippen MR) is 225 cm³/mol. The van der Waals surface area contributed by atoms with Crippen molar-refractivity contribution in [1.82, 2.24) is 0 Å². The summed E-state index contributed by atoms with van der Waals surface area (Å²) in [7, 11) is 0. The summed E-state index contributed by atoms with van der Waals surface area (Å²) >= 11 is 3.75. The van der Waals surface area contributed by atoms with Gasteiger partial charge in [-0.3, -0.25) is 0 Å². The number of hydrogen-bond acceptors (Lipinski definition) is 4. The zero-order valence-corrected chi connectivity index (χ0v) is 29.5. The number of anilines is 3. The average Bonchev–Trinajstić information content (AvgIpc) is 3.90. The number of furan rings is 1. The number of fused-ring (bicyclic) bond motifs is 9. The van der Waals surface area contributed by atoms with Crippen LogP contribution in [0.2, 0.25) is 0 Å². The number of para-hydroxylation sites is 1. The van der Waals surface area contributed by atoms with Gasteiger partial charge in [0.15, 0.2) is 0 Å². The van der Waals surface area contributed by atoms with Gasteiger partial charge in [-0.15, -0.1) is 22.7 Å². The van der Waals surface area contributed by atoms with Crippen LogP contribution < -0.4 is 4.90 Å². The smallest absolute Gasteiger partial charge is 0.137 e. The third kappa shape index (κ3) is 4.55. The lowest BCUT2D eigenvalue weighted by Crippen LogP contribution is -2.10. The van der Waals surface area contributed by atoms with Gasteiger partial charge >= 0.3 is 0 Å². The van der Waals surface area contributed by atoms with Gasteiger partial charge in [0.05, 0.1) is 10.4 Å². The highest BCUT2D eigenvalue weighted by Gasteiger charge is 2.21. The van der Waals surface area contributed by atoms with Gasteiger partial charge in [-0.2, -0.15) is 0 Å². The summed E-state index contributed by atoms with van der Waals surface area (Å²) in [6.45, 7) is 0. The highest BCUT2D eigenvalue weighted by atomic mass is 32.1. The molecule has 244 valence electrons. The van der Waals surface area contributed by atoms with Crippen molar-refractivity contribution < 1.29 is 4.42 Å². The van der Waals surface area contributed by atoms with Crippen LogP contribution in [0.15, 0.2) is 180 Å². The van der Waals surface area contributed by atoms with Gasteiger partial charge in [0.1, 0.15) is 11.2 Å². The zero-order chi connectivity index (χ0) is 34.2. The second-order valence-electron chi connectivity index (χ2n) is 13.2. The van der Waals surface area contributed by atoms with Gasteiger partial charge in [-0.05, 0) is 64.7 Å². The van der Waals surface area contributed by atoms with Gasteiger partial charge in [-0.25, -0.2) is 0 Å². The topological polar surface area (TPSA) is 16.4 Å². The SMILES string of the molecule is c1ccc(-c2cccc3c2sc2c(N(c4cccc(-c5cccc6c5sc5ccccc56)c4)c4ccc5c(c4)oc4ccccc45)cccc23)cc1. The molecule has 3 heterocycles. The van der Waals surface area contributed by atoms with E-state index >= 15 is 0 Å². The maximum absolute atomic E-state index is 6.46. The second kappa shape index (κ2) is 11.7. The van der Waals surface area contributed by atoms with E-state index in [0.717, 1.165) is 39.0 Å². The Bertz CT molecular complexity index is 3150. The van der Waals surface area contributed by atoms with Gasteiger partial charge in [0, 0.05) is 63.9 Å². The fourth-order valence-electron chi connectivity index (χ4n) is 7.89. The predicted octanol–water partition coefficient (Wildman–Crippen LogP) is 15.1. The fourth-order valence-corrected chi connectivity index (χ4v) is 10.5. The van der Waals surface area contributed by atoms with Crippen molar-refractivity contribution in [1.29, 1.82) is 0 Å². The first-order chi connectivity index (χ1) is 25.8. The molecule has 0 saturated heterocycles. The lowest BCUT2D eigenvalue weighted by atomic mass is 10.0. The minimum absolute atomic E-state index is 0.879. The molecule has 0 atom stereocenters. The Morgan fingerprint density at radius 1 is 0.365 bits per heavy atom. The molecule has 11 rings (SSSR count). The normalized spacial score (nSPS) is 11.8. The molecule has 4 heteroatoms. The van der Waals surface area contributed by atoms with Crippen molar-refractivity contribution in [2.45, 2.75) is 0 Å². The first kappa shape index (κ1) is 29.5. The first-order valence-electron chi connectivity index (χ1n) is 17.5. The van der Waals surface area contributed by atoms with Crippen LogP contribution in [0.25, 0.3) is 84.5 Å². The summed E-state index contributed by atoms with van der Waals surface area (Å²) in [5, 5.41) is 7.41. The molecule has 0 aliphatic rings. The van der Waals surface area contributed by atoms with E-state index < -0.39 is 0 Å². The van der Waals surface area contributed by atoms with Crippen molar-refractivity contribution in [3.8, 4) is 22.3 Å². The number of hydrogen-bond donors (Lipinski definition) is 0. The average molecular weight is 700 g/mol. The summed E-state index contributed by atoms with van der Waals surface area (Å²) in [4.78, 5) is 2.42. The highest BCUT2D eigenvalue weighted by Crippen LogP contribution is 2.48. The summed E-state index contributed by atoms with van der Waals surface area (Å²) < 4.78 is 11.6.